The Morgan fingerprint density at radius 1 is 1.64 bits per heavy atom. The van der Waals surface area contributed by atoms with Crippen LogP contribution in [0.3, 0.4) is 0 Å². The van der Waals surface area contributed by atoms with E-state index in [1.54, 1.807) is 15.6 Å². The summed E-state index contributed by atoms with van der Waals surface area (Å²) in [6.45, 7) is 2.54. The number of carbonyl (C=O) groups is 1. The Labute approximate surface area is 84.4 Å². The van der Waals surface area contributed by atoms with Crippen LogP contribution in [-0.2, 0) is 6.54 Å². The fourth-order valence-corrected chi connectivity index (χ4v) is 1.66. The molecule has 0 amide bonds. The predicted octanol–water partition coefficient (Wildman–Crippen LogP) is 0.986. The fourth-order valence-electron chi connectivity index (χ4n) is 1.12. The van der Waals surface area contributed by atoms with E-state index in [9.17, 15) is 4.79 Å². The number of carbonyl (C=O) groups excluding carboxylic acids is 1. The Balaban J connectivity index is 2.36. The molecule has 5 nitrogen and oxygen atoms in total. The molecule has 0 fully saturated rings. The van der Waals surface area contributed by atoms with Crippen LogP contribution < -0.4 is 0 Å². The van der Waals surface area contributed by atoms with Gasteiger partial charge in [-0.3, -0.25) is 4.79 Å². The summed E-state index contributed by atoms with van der Waals surface area (Å²) in [5.41, 5.74) is 2.57. The molecule has 14 heavy (non-hydrogen) atoms. The molecular formula is C8H8N4OS. The summed E-state index contributed by atoms with van der Waals surface area (Å²) in [6.07, 6.45) is 1.46. The lowest BCUT2D eigenvalue weighted by Crippen LogP contribution is -2.10. The highest BCUT2D eigenvalue weighted by Gasteiger charge is 2.15. The van der Waals surface area contributed by atoms with Gasteiger partial charge in [-0.2, -0.15) is 0 Å². The Bertz CT molecular complexity index is 434. The van der Waals surface area contributed by atoms with Crippen molar-refractivity contribution in [2.75, 3.05) is 0 Å². The zero-order chi connectivity index (χ0) is 9.97. The van der Waals surface area contributed by atoms with Gasteiger partial charge in [-0.15, -0.1) is 16.4 Å². The molecule has 0 aliphatic rings. The maximum absolute atomic E-state index is 11.8. The van der Waals surface area contributed by atoms with E-state index < -0.39 is 0 Å². The highest BCUT2D eigenvalue weighted by Crippen LogP contribution is 2.08. The molecule has 0 saturated carbocycles. The third-order valence-electron chi connectivity index (χ3n) is 1.81. The van der Waals surface area contributed by atoms with Gasteiger partial charge >= 0.3 is 0 Å². The number of hydrogen-bond donors (Lipinski definition) is 0. The molecule has 0 aliphatic carbocycles. The van der Waals surface area contributed by atoms with E-state index in [0.717, 1.165) is 0 Å². The summed E-state index contributed by atoms with van der Waals surface area (Å²) in [6, 6.07) is 0. The minimum atomic E-state index is -0.127. The Hall–Kier alpha value is -1.56. The van der Waals surface area contributed by atoms with Gasteiger partial charge in [0.1, 0.15) is 11.4 Å². The minimum absolute atomic E-state index is 0.127. The van der Waals surface area contributed by atoms with Crippen LogP contribution in [0.25, 0.3) is 0 Å². The minimum Gasteiger partial charge on any atom is -0.285 e. The summed E-state index contributed by atoms with van der Waals surface area (Å²) in [7, 11) is 0. The molecule has 0 saturated heterocycles. The van der Waals surface area contributed by atoms with Crippen LogP contribution in [-0.4, -0.2) is 25.8 Å². The van der Waals surface area contributed by atoms with Gasteiger partial charge < -0.3 is 0 Å². The summed E-state index contributed by atoms with van der Waals surface area (Å²) in [4.78, 5) is 15.7. The first-order valence-corrected chi connectivity index (χ1v) is 5.08. The molecule has 2 aromatic heterocycles. The van der Waals surface area contributed by atoms with Gasteiger partial charge in [0, 0.05) is 11.9 Å². The summed E-state index contributed by atoms with van der Waals surface area (Å²) >= 11 is 1.40. The zero-order valence-electron chi connectivity index (χ0n) is 7.54. The Morgan fingerprint density at radius 2 is 2.50 bits per heavy atom. The summed E-state index contributed by atoms with van der Waals surface area (Å²) in [5, 5.41) is 9.20. The molecule has 0 aromatic carbocycles. The van der Waals surface area contributed by atoms with Crippen LogP contribution in [0.2, 0.25) is 0 Å². The van der Waals surface area contributed by atoms with Crippen LogP contribution in [0.4, 0.5) is 0 Å². The third-order valence-corrected chi connectivity index (χ3v) is 2.40. The van der Waals surface area contributed by atoms with Crippen molar-refractivity contribution in [3.63, 3.8) is 0 Å². The molecule has 0 aliphatic heterocycles. The molecule has 0 unspecified atom stereocenters. The van der Waals surface area contributed by atoms with Crippen molar-refractivity contribution in [3.05, 3.63) is 28.5 Å². The number of ketones is 1. The van der Waals surface area contributed by atoms with Crippen LogP contribution in [0.5, 0.6) is 0 Å². The zero-order valence-corrected chi connectivity index (χ0v) is 8.36. The Morgan fingerprint density at radius 3 is 3.14 bits per heavy atom. The second-order valence-electron chi connectivity index (χ2n) is 2.64. The quantitative estimate of drug-likeness (QED) is 0.705. The number of nitrogens with zero attached hydrogens (tertiary/aromatic N) is 4. The topological polar surface area (TPSA) is 60.7 Å². The maximum atomic E-state index is 11.8. The highest BCUT2D eigenvalue weighted by molar-refractivity contribution is 7.07. The summed E-state index contributed by atoms with van der Waals surface area (Å²) in [5.74, 6) is -0.127. The molecule has 0 radical (unpaired) electrons. The van der Waals surface area contributed by atoms with E-state index in [-0.39, 0.29) is 5.78 Å². The lowest BCUT2D eigenvalue weighted by Gasteiger charge is -1.98. The molecule has 0 atom stereocenters. The predicted molar refractivity (Wildman–Crippen MR) is 51.2 cm³/mol. The van der Waals surface area contributed by atoms with E-state index in [1.807, 2.05) is 6.92 Å². The van der Waals surface area contributed by atoms with Gasteiger partial charge in [-0.25, -0.2) is 9.67 Å². The van der Waals surface area contributed by atoms with E-state index in [4.69, 9.17) is 0 Å². The van der Waals surface area contributed by atoms with Gasteiger partial charge in [-0.1, -0.05) is 5.21 Å². The van der Waals surface area contributed by atoms with Gasteiger partial charge in [-0.05, 0) is 6.92 Å². The number of rotatable bonds is 3. The normalized spacial score (nSPS) is 10.4. The second kappa shape index (κ2) is 3.67. The molecule has 2 rings (SSSR count). The highest BCUT2D eigenvalue weighted by atomic mass is 32.1. The number of aryl methyl sites for hydroxylation is 1. The van der Waals surface area contributed by atoms with Gasteiger partial charge in [0.25, 0.3) is 0 Å². The van der Waals surface area contributed by atoms with Crippen molar-refractivity contribution >= 4 is 17.1 Å². The first-order valence-electron chi connectivity index (χ1n) is 4.14. The monoisotopic (exact) mass is 208 g/mol. The molecular weight excluding hydrogens is 200 g/mol. The number of hydrogen-bond acceptors (Lipinski definition) is 5. The largest absolute Gasteiger partial charge is 0.285 e. The lowest BCUT2D eigenvalue weighted by molar-refractivity contribution is 0.102. The molecule has 0 spiro atoms. The number of aromatic nitrogens is 4. The van der Waals surface area contributed by atoms with Crippen LogP contribution in [0.15, 0.2) is 17.1 Å². The lowest BCUT2D eigenvalue weighted by atomic mass is 10.2. The average molecular weight is 208 g/mol. The van der Waals surface area contributed by atoms with Gasteiger partial charge in [0.05, 0.1) is 11.7 Å². The molecule has 2 heterocycles. The van der Waals surface area contributed by atoms with E-state index in [2.05, 4.69) is 15.3 Å². The van der Waals surface area contributed by atoms with E-state index >= 15 is 0 Å². The van der Waals surface area contributed by atoms with Crippen LogP contribution >= 0.6 is 11.3 Å². The van der Waals surface area contributed by atoms with Crippen molar-refractivity contribution in [1.29, 1.82) is 0 Å². The molecule has 0 N–H and O–H groups in total. The van der Waals surface area contributed by atoms with Crippen molar-refractivity contribution in [2.45, 2.75) is 13.5 Å². The van der Waals surface area contributed by atoms with E-state index in [0.29, 0.717) is 17.9 Å². The number of thiazole rings is 1. The molecule has 72 valence electrons. The standard InChI is InChI=1S/C8H8N4OS/c1-2-12-7(3-10-11-12)8(13)6-4-14-5-9-6/h3-5H,2H2,1H3. The summed E-state index contributed by atoms with van der Waals surface area (Å²) < 4.78 is 1.56. The van der Waals surface area contributed by atoms with Crippen LogP contribution in [0.1, 0.15) is 23.1 Å². The van der Waals surface area contributed by atoms with Crippen molar-refractivity contribution in [3.8, 4) is 0 Å². The van der Waals surface area contributed by atoms with Gasteiger partial charge in [0.2, 0.25) is 5.78 Å². The van der Waals surface area contributed by atoms with Crippen molar-refractivity contribution < 1.29 is 4.79 Å². The van der Waals surface area contributed by atoms with Crippen molar-refractivity contribution in [1.82, 2.24) is 20.0 Å². The van der Waals surface area contributed by atoms with E-state index in [1.165, 1.54) is 17.5 Å². The van der Waals surface area contributed by atoms with Gasteiger partial charge in [0.15, 0.2) is 0 Å². The molecule has 0 bridgehead atoms. The molecule has 6 heteroatoms. The van der Waals surface area contributed by atoms with Crippen LogP contribution in [0, 0.1) is 0 Å². The first kappa shape index (κ1) is 9.01. The SMILES string of the molecule is CCn1nncc1C(=O)c1cscn1. The second-order valence-corrected chi connectivity index (χ2v) is 3.36. The first-order chi connectivity index (χ1) is 6.83. The van der Waals surface area contributed by atoms with Crippen molar-refractivity contribution in [2.24, 2.45) is 0 Å². The Kier molecular flexibility index (Phi) is 2.36. The molecule has 2 aromatic rings. The smallest absolute Gasteiger partial charge is 0.231 e. The maximum Gasteiger partial charge on any atom is 0.231 e. The fraction of sp³-hybridized carbons (Fsp3) is 0.250. The average Bonchev–Trinajstić information content (AvgIpc) is 2.87. The third kappa shape index (κ3) is 1.44.